The highest BCUT2D eigenvalue weighted by Crippen LogP contribution is 2.37. The smallest absolute Gasteiger partial charge is 0.147 e. The highest BCUT2D eigenvalue weighted by Gasteiger charge is 2.18. The Morgan fingerprint density at radius 1 is 0.588 bits per heavy atom. The highest BCUT2D eigenvalue weighted by molar-refractivity contribution is 6.12. The van der Waals surface area contributed by atoms with E-state index in [1.807, 2.05) is 12.1 Å². The standard InChI is InChI=1S/C31H21N3/c1-3-10-21(11-4-1)22-18-19-27-26(20-22)24-14-9-15-25(30(24)32-27)31-33-28-16-7-8-17-29(28)34(31)23-12-5-2-6-13-23/h1-20,32H. The summed E-state index contributed by atoms with van der Waals surface area (Å²) >= 11 is 0. The van der Waals surface area contributed by atoms with Crippen LogP contribution in [0, 0.1) is 0 Å². The Bertz CT molecular complexity index is 1790. The minimum Gasteiger partial charge on any atom is -0.354 e. The third-order valence-electron chi connectivity index (χ3n) is 6.56. The van der Waals surface area contributed by atoms with Crippen molar-refractivity contribution in [2.24, 2.45) is 0 Å². The number of para-hydroxylation sites is 4. The number of aromatic nitrogens is 3. The Labute approximate surface area is 196 Å². The van der Waals surface area contributed by atoms with E-state index in [-0.39, 0.29) is 0 Å². The van der Waals surface area contributed by atoms with E-state index in [9.17, 15) is 0 Å². The van der Waals surface area contributed by atoms with E-state index < -0.39 is 0 Å². The van der Waals surface area contributed by atoms with E-state index in [1.54, 1.807) is 0 Å². The molecule has 0 atom stereocenters. The summed E-state index contributed by atoms with van der Waals surface area (Å²) in [5, 5.41) is 2.43. The predicted octanol–water partition coefficient (Wildman–Crippen LogP) is 7.99. The lowest BCUT2D eigenvalue weighted by Crippen LogP contribution is -1.97. The molecule has 160 valence electrons. The second-order valence-corrected chi connectivity index (χ2v) is 8.57. The van der Waals surface area contributed by atoms with Crippen molar-refractivity contribution >= 4 is 32.8 Å². The number of rotatable bonds is 3. The number of nitrogens with one attached hydrogen (secondary N) is 1. The Morgan fingerprint density at radius 2 is 1.35 bits per heavy atom. The first-order valence-electron chi connectivity index (χ1n) is 11.5. The summed E-state index contributed by atoms with van der Waals surface area (Å²) in [6.45, 7) is 0. The van der Waals surface area contributed by atoms with Crippen LogP contribution in [0.3, 0.4) is 0 Å². The van der Waals surface area contributed by atoms with Crippen molar-refractivity contribution in [3.63, 3.8) is 0 Å². The number of aromatic amines is 1. The normalized spacial score (nSPS) is 11.5. The fraction of sp³-hybridized carbons (Fsp3) is 0. The van der Waals surface area contributed by atoms with Crippen LogP contribution in [0.5, 0.6) is 0 Å². The summed E-state index contributed by atoms with van der Waals surface area (Å²) in [6, 6.07) is 42.5. The van der Waals surface area contributed by atoms with E-state index in [0.717, 1.165) is 39.1 Å². The molecule has 0 saturated carbocycles. The number of hydrogen-bond acceptors (Lipinski definition) is 1. The van der Waals surface area contributed by atoms with Crippen molar-refractivity contribution in [1.29, 1.82) is 0 Å². The van der Waals surface area contributed by atoms with E-state index in [2.05, 4.69) is 119 Å². The SMILES string of the molecule is c1ccc(-c2ccc3[nH]c4c(-c5nc6ccccc6n5-c5ccccc5)cccc4c3c2)cc1. The number of nitrogens with zero attached hydrogens (tertiary/aromatic N) is 2. The van der Waals surface area contributed by atoms with Gasteiger partial charge in [0.05, 0.1) is 16.6 Å². The Kier molecular flexibility index (Phi) is 4.15. The minimum absolute atomic E-state index is 0.938. The summed E-state index contributed by atoms with van der Waals surface area (Å²) in [5.41, 5.74) is 8.96. The Morgan fingerprint density at radius 3 is 2.21 bits per heavy atom. The first-order valence-corrected chi connectivity index (χ1v) is 11.5. The number of imidazole rings is 1. The minimum atomic E-state index is 0.938. The Balaban J connectivity index is 1.51. The van der Waals surface area contributed by atoms with E-state index >= 15 is 0 Å². The van der Waals surface area contributed by atoms with Gasteiger partial charge in [-0.2, -0.15) is 0 Å². The summed E-state index contributed by atoms with van der Waals surface area (Å²) < 4.78 is 2.25. The molecule has 0 bridgehead atoms. The van der Waals surface area contributed by atoms with Crippen LogP contribution < -0.4 is 0 Å². The van der Waals surface area contributed by atoms with Crippen molar-refractivity contribution in [2.45, 2.75) is 0 Å². The van der Waals surface area contributed by atoms with Crippen LogP contribution in [0.15, 0.2) is 121 Å². The van der Waals surface area contributed by atoms with Crippen LogP contribution in [-0.4, -0.2) is 14.5 Å². The molecule has 5 aromatic carbocycles. The first kappa shape index (κ1) is 18.9. The summed E-state index contributed by atoms with van der Waals surface area (Å²) in [6.07, 6.45) is 0. The molecule has 0 spiro atoms. The number of benzene rings is 5. The molecule has 0 aliphatic rings. The average molecular weight is 436 g/mol. The number of fused-ring (bicyclic) bond motifs is 4. The molecule has 0 aliphatic carbocycles. The summed E-state index contributed by atoms with van der Waals surface area (Å²) in [4.78, 5) is 8.78. The molecular formula is C31H21N3. The lowest BCUT2D eigenvalue weighted by Gasteiger charge is -2.10. The second kappa shape index (κ2) is 7.46. The van der Waals surface area contributed by atoms with Crippen molar-refractivity contribution in [2.75, 3.05) is 0 Å². The third-order valence-corrected chi connectivity index (χ3v) is 6.56. The van der Waals surface area contributed by atoms with Crippen LogP contribution in [-0.2, 0) is 0 Å². The van der Waals surface area contributed by atoms with Crippen molar-refractivity contribution in [3.8, 4) is 28.2 Å². The maximum atomic E-state index is 5.09. The topological polar surface area (TPSA) is 33.6 Å². The van der Waals surface area contributed by atoms with Gasteiger partial charge in [0.25, 0.3) is 0 Å². The molecule has 0 saturated heterocycles. The van der Waals surface area contributed by atoms with Gasteiger partial charge in [-0.25, -0.2) is 4.98 Å². The maximum Gasteiger partial charge on any atom is 0.147 e. The van der Waals surface area contributed by atoms with Crippen molar-refractivity contribution in [3.05, 3.63) is 121 Å². The van der Waals surface area contributed by atoms with Crippen LogP contribution in [0.25, 0.3) is 61.0 Å². The van der Waals surface area contributed by atoms with Gasteiger partial charge < -0.3 is 4.98 Å². The molecule has 3 heteroatoms. The summed E-state index contributed by atoms with van der Waals surface area (Å²) in [7, 11) is 0. The zero-order chi connectivity index (χ0) is 22.5. The fourth-order valence-corrected chi connectivity index (χ4v) is 4.96. The fourth-order valence-electron chi connectivity index (χ4n) is 4.96. The third kappa shape index (κ3) is 2.87. The van der Waals surface area contributed by atoms with Gasteiger partial charge in [-0.05, 0) is 53.6 Å². The first-order chi connectivity index (χ1) is 16.9. The molecule has 1 N–H and O–H groups in total. The molecule has 34 heavy (non-hydrogen) atoms. The van der Waals surface area contributed by atoms with Gasteiger partial charge in [0.1, 0.15) is 5.82 Å². The zero-order valence-electron chi connectivity index (χ0n) is 18.4. The number of hydrogen-bond donors (Lipinski definition) is 1. The Hall–Kier alpha value is -4.63. The van der Waals surface area contributed by atoms with Crippen LogP contribution in [0.1, 0.15) is 0 Å². The highest BCUT2D eigenvalue weighted by atomic mass is 15.1. The van der Waals surface area contributed by atoms with Crippen LogP contribution in [0.2, 0.25) is 0 Å². The second-order valence-electron chi connectivity index (χ2n) is 8.57. The molecule has 0 amide bonds. The molecule has 0 unspecified atom stereocenters. The van der Waals surface area contributed by atoms with Crippen molar-refractivity contribution in [1.82, 2.24) is 14.5 Å². The van der Waals surface area contributed by atoms with Gasteiger partial charge in [-0.1, -0.05) is 78.9 Å². The molecular weight excluding hydrogens is 414 g/mol. The maximum absolute atomic E-state index is 5.09. The molecule has 7 aromatic rings. The molecule has 2 heterocycles. The van der Waals surface area contributed by atoms with Gasteiger partial charge in [0.2, 0.25) is 0 Å². The van der Waals surface area contributed by atoms with E-state index in [1.165, 1.54) is 21.9 Å². The summed E-state index contributed by atoms with van der Waals surface area (Å²) in [5.74, 6) is 0.938. The molecule has 0 radical (unpaired) electrons. The molecule has 0 fully saturated rings. The van der Waals surface area contributed by atoms with Crippen LogP contribution in [0.4, 0.5) is 0 Å². The largest absolute Gasteiger partial charge is 0.354 e. The molecule has 7 rings (SSSR count). The van der Waals surface area contributed by atoms with E-state index in [4.69, 9.17) is 4.98 Å². The lowest BCUT2D eigenvalue weighted by atomic mass is 10.0. The van der Waals surface area contributed by atoms with Gasteiger partial charge in [-0.15, -0.1) is 0 Å². The average Bonchev–Trinajstić information content (AvgIpc) is 3.48. The molecule has 3 nitrogen and oxygen atoms in total. The monoisotopic (exact) mass is 435 g/mol. The van der Waals surface area contributed by atoms with Gasteiger partial charge in [0, 0.05) is 27.5 Å². The molecule has 0 aliphatic heterocycles. The van der Waals surface area contributed by atoms with Gasteiger partial charge in [-0.3, -0.25) is 4.57 Å². The predicted molar refractivity (Wildman–Crippen MR) is 141 cm³/mol. The van der Waals surface area contributed by atoms with Crippen molar-refractivity contribution < 1.29 is 0 Å². The molecule has 2 aromatic heterocycles. The van der Waals surface area contributed by atoms with Crippen LogP contribution >= 0.6 is 0 Å². The number of H-pyrrole nitrogens is 1. The van der Waals surface area contributed by atoms with E-state index in [0.29, 0.717) is 0 Å². The zero-order valence-corrected chi connectivity index (χ0v) is 18.4. The van der Waals surface area contributed by atoms with Gasteiger partial charge in [0.15, 0.2) is 0 Å². The lowest BCUT2D eigenvalue weighted by molar-refractivity contribution is 1.10. The van der Waals surface area contributed by atoms with Gasteiger partial charge >= 0.3 is 0 Å². The quantitative estimate of drug-likeness (QED) is 0.300.